The first kappa shape index (κ1) is 12.7. The number of hydrogen-bond donors (Lipinski definition) is 0. The molecule has 1 aromatic carbocycles. The molecule has 0 amide bonds. The molecule has 0 saturated carbocycles. The lowest BCUT2D eigenvalue weighted by atomic mass is 10.3. The molecule has 0 unspecified atom stereocenters. The van der Waals surface area contributed by atoms with Gasteiger partial charge in [-0.2, -0.15) is 0 Å². The normalized spacial score (nSPS) is 9.95. The van der Waals surface area contributed by atoms with Crippen LogP contribution in [0.5, 0.6) is 11.5 Å². The summed E-state index contributed by atoms with van der Waals surface area (Å²) < 4.78 is 18.9. The number of nitrogens with zero attached hydrogens (tertiary/aromatic N) is 2. The predicted molar refractivity (Wildman–Crippen MR) is 67.5 cm³/mol. The van der Waals surface area contributed by atoms with Crippen LogP contribution in [0.25, 0.3) is 6.08 Å². The Kier molecular flexibility index (Phi) is 3.51. The highest BCUT2D eigenvalue weighted by Crippen LogP contribution is 2.27. The van der Waals surface area contributed by atoms with Crippen molar-refractivity contribution in [2.24, 2.45) is 0 Å². The van der Waals surface area contributed by atoms with Crippen LogP contribution in [-0.4, -0.2) is 9.91 Å². The van der Waals surface area contributed by atoms with Crippen molar-refractivity contribution >= 4 is 11.8 Å². The summed E-state index contributed by atoms with van der Waals surface area (Å²) in [5.74, 6) is -0.518. The van der Waals surface area contributed by atoms with E-state index in [1.807, 2.05) is 0 Å². The Bertz CT molecular complexity index is 644. The third-order valence-corrected chi connectivity index (χ3v) is 2.32. The molecule has 0 spiro atoms. The first-order valence-electron chi connectivity index (χ1n) is 5.30. The van der Waals surface area contributed by atoms with Gasteiger partial charge in [0.2, 0.25) is 0 Å². The van der Waals surface area contributed by atoms with Crippen LogP contribution in [0.1, 0.15) is 5.69 Å². The molecule has 0 radical (unpaired) electrons. The average Bonchev–Trinajstić information content (AvgIpc) is 2.41. The Morgan fingerprint density at radius 3 is 2.79 bits per heavy atom. The van der Waals surface area contributed by atoms with E-state index < -0.39 is 10.7 Å². The fourth-order valence-corrected chi connectivity index (χ4v) is 1.42. The Labute approximate surface area is 108 Å². The number of ether oxygens (including phenoxy) is 1. The van der Waals surface area contributed by atoms with E-state index in [0.717, 1.165) is 6.07 Å². The van der Waals surface area contributed by atoms with E-state index in [4.69, 9.17) is 4.74 Å². The molecular formula is C13H9FN2O3. The first-order valence-corrected chi connectivity index (χ1v) is 5.30. The Hall–Kier alpha value is -2.76. The Morgan fingerprint density at radius 2 is 2.16 bits per heavy atom. The van der Waals surface area contributed by atoms with Crippen LogP contribution in [0.3, 0.4) is 0 Å². The lowest BCUT2D eigenvalue weighted by Gasteiger charge is -2.06. The number of hydrogen-bond acceptors (Lipinski definition) is 4. The number of benzene rings is 1. The summed E-state index contributed by atoms with van der Waals surface area (Å²) >= 11 is 0. The minimum atomic E-state index is -0.800. The van der Waals surface area contributed by atoms with Crippen molar-refractivity contribution in [3.05, 3.63) is 64.7 Å². The molecule has 96 valence electrons. The predicted octanol–water partition coefficient (Wildman–Crippen LogP) is 3.56. The fraction of sp³-hybridized carbons (Fsp3) is 0. The highest BCUT2D eigenvalue weighted by molar-refractivity contribution is 5.46. The maximum absolute atomic E-state index is 13.6. The molecule has 0 atom stereocenters. The smallest absolute Gasteiger partial charge is 0.272 e. The highest BCUT2D eigenvalue weighted by Gasteiger charge is 2.12. The molecule has 19 heavy (non-hydrogen) atoms. The fourth-order valence-electron chi connectivity index (χ4n) is 1.42. The summed E-state index contributed by atoms with van der Waals surface area (Å²) in [4.78, 5) is 13.8. The van der Waals surface area contributed by atoms with Gasteiger partial charge in [-0.3, -0.25) is 15.1 Å². The molecule has 1 heterocycles. The van der Waals surface area contributed by atoms with E-state index in [9.17, 15) is 14.5 Å². The average molecular weight is 260 g/mol. The molecule has 1 aromatic heterocycles. The minimum Gasteiger partial charge on any atom is -0.454 e. The Balaban J connectivity index is 2.28. The number of nitro groups is 1. The van der Waals surface area contributed by atoms with Crippen molar-refractivity contribution in [2.75, 3.05) is 0 Å². The highest BCUT2D eigenvalue weighted by atomic mass is 19.1. The molecule has 0 aliphatic heterocycles. The van der Waals surface area contributed by atoms with Crippen molar-refractivity contribution < 1.29 is 14.1 Å². The van der Waals surface area contributed by atoms with Crippen LogP contribution >= 0.6 is 0 Å². The Morgan fingerprint density at radius 1 is 1.37 bits per heavy atom. The number of rotatable bonds is 4. The van der Waals surface area contributed by atoms with Gasteiger partial charge < -0.3 is 4.74 Å². The maximum Gasteiger partial charge on any atom is 0.272 e. The molecule has 2 rings (SSSR count). The third-order valence-electron chi connectivity index (χ3n) is 2.32. The summed E-state index contributed by atoms with van der Waals surface area (Å²) in [6.07, 6.45) is 3.02. The van der Waals surface area contributed by atoms with E-state index >= 15 is 0 Å². The number of pyridine rings is 1. The van der Waals surface area contributed by atoms with E-state index in [0.29, 0.717) is 11.4 Å². The molecule has 6 heteroatoms. The third kappa shape index (κ3) is 2.92. The second-order valence-corrected chi connectivity index (χ2v) is 3.59. The van der Waals surface area contributed by atoms with Gasteiger partial charge in [0.05, 0.1) is 16.7 Å². The monoisotopic (exact) mass is 260 g/mol. The zero-order chi connectivity index (χ0) is 13.8. The van der Waals surface area contributed by atoms with Gasteiger partial charge in [0.1, 0.15) is 5.75 Å². The second kappa shape index (κ2) is 5.26. The van der Waals surface area contributed by atoms with E-state index in [1.54, 1.807) is 12.1 Å². The largest absolute Gasteiger partial charge is 0.454 e. The second-order valence-electron chi connectivity index (χ2n) is 3.59. The molecule has 2 aromatic rings. The number of nitro benzene ring substituents is 1. The van der Waals surface area contributed by atoms with Gasteiger partial charge in [-0.1, -0.05) is 6.58 Å². The number of non-ortho nitro benzene ring substituents is 1. The molecule has 0 aliphatic carbocycles. The van der Waals surface area contributed by atoms with Crippen LogP contribution in [0, 0.1) is 15.9 Å². The van der Waals surface area contributed by atoms with Gasteiger partial charge >= 0.3 is 0 Å². The lowest BCUT2D eigenvalue weighted by molar-refractivity contribution is -0.385. The standard InChI is InChI=1S/C13H9FN2O3/c1-2-9-7-11(5-6-15-9)19-13-4-3-10(16(17)18)8-12(13)14/h2-8H,1H2. The molecule has 0 N–H and O–H groups in total. The summed E-state index contributed by atoms with van der Waals surface area (Å²) in [6, 6.07) is 6.32. The molecule has 0 bridgehead atoms. The summed E-state index contributed by atoms with van der Waals surface area (Å²) in [6.45, 7) is 3.56. The zero-order valence-electron chi connectivity index (χ0n) is 9.75. The van der Waals surface area contributed by atoms with E-state index in [-0.39, 0.29) is 11.4 Å². The van der Waals surface area contributed by atoms with E-state index in [2.05, 4.69) is 11.6 Å². The summed E-state index contributed by atoms with van der Waals surface area (Å²) in [5.41, 5.74) is 0.256. The molecule has 0 saturated heterocycles. The summed E-state index contributed by atoms with van der Waals surface area (Å²) in [7, 11) is 0. The molecule has 5 nitrogen and oxygen atoms in total. The topological polar surface area (TPSA) is 65.3 Å². The SMILES string of the molecule is C=Cc1cc(Oc2ccc([N+](=O)[O-])cc2F)ccn1. The minimum absolute atomic E-state index is 0.0909. The van der Waals surface area contributed by atoms with Crippen molar-refractivity contribution in [3.8, 4) is 11.5 Å². The van der Waals surface area contributed by atoms with Gasteiger partial charge in [0, 0.05) is 18.3 Å². The van der Waals surface area contributed by atoms with Crippen LogP contribution in [0.15, 0.2) is 43.1 Å². The van der Waals surface area contributed by atoms with Crippen LogP contribution in [0.4, 0.5) is 10.1 Å². The van der Waals surface area contributed by atoms with Crippen molar-refractivity contribution in [1.29, 1.82) is 0 Å². The molecule has 0 fully saturated rings. The van der Waals surface area contributed by atoms with Gasteiger partial charge in [-0.25, -0.2) is 4.39 Å². The van der Waals surface area contributed by atoms with Gasteiger partial charge in [0.25, 0.3) is 5.69 Å². The first-order chi connectivity index (χ1) is 9.10. The lowest BCUT2D eigenvalue weighted by Crippen LogP contribution is -1.93. The summed E-state index contributed by atoms with van der Waals surface area (Å²) in [5, 5.41) is 10.5. The quantitative estimate of drug-likeness (QED) is 0.622. The van der Waals surface area contributed by atoms with Gasteiger partial charge in [-0.05, 0) is 18.2 Å². The van der Waals surface area contributed by atoms with Crippen molar-refractivity contribution in [3.63, 3.8) is 0 Å². The molecular weight excluding hydrogens is 251 g/mol. The molecule has 0 aliphatic rings. The van der Waals surface area contributed by atoms with Gasteiger partial charge in [0.15, 0.2) is 11.6 Å². The van der Waals surface area contributed by atoms with Crippen molar-refractivity contribution in [1.82, 2.24) is 4.98 Å². The van der Waals surface area contributed by atoms with Crippen LogP contribution in [0.2, 0.25) is 0 Å². The van der Waals surface area contributed by atoms with Crippen LogP contribution in [-0.2, 0) is 0 Å². The zero-order valence-corrected chi connectivity index (χ0v) is 9.75. The maximum atomic E-state index is 13.6. The van der Waals surface area contributed by atoms with E-state index in [1.165, 1.54) is 24.4 Å². The van der Waals surface area contributed by atoms with Gasteiger partial charge in [-0.15, -0.1) is 0 Å². The van der Waals surface area contributed by atoms with Crippen molar-refractivity contribution in [2.45, 2.75) is 0 Å². The van der Waals surface area contributed by atoms with Crippen LogP contribution < -0.4 is 4.74 Å². The number of halogens is 1. The number of aromatic nitrogens is 1.